The van der Waals surface area contributed by atoms with Crippen LogP contribution < -0.4 is 5.32 Å². The summed E-state index contributed by atoms with van der Waals surface area (Å²) in [7, 11) is 0. The summed E-state index contributed by atoms with van der Waals surface area (Å²) in [6.45, 7) is 2.29. The summed E-state index contributed by atoms with van der Waals surface area (Å²) in [5.74, 6) is 0.853. The van der Waals surface area contributed by atoms with E-state index in [9.17, 15) is 4.79 Å². The second-order valence-electron chi connectivity index (χ2n) is 5.75. The number of rotatable bonds is 4. The van der Waals surface area contributed by atoms with Gasteiger partial charge in [-0.15, -0.1) is 10.2 Å². The van der Waals surface area contributed by atoms with E-state index in [0.717, 1.165) is 22.4 Å². The number of halogens is 1. The highest BCUT2D eigenvalue weighted by atomic mass is 35.5. The molecule has 0 aliphatic carbocycles. The molecule has 0 bridgehead atoms. The molecule has 0 radical (unpaired) electrons. The number of nitrogens with zero attached hydrogens (tertiary/aromatic N) is 3. The average molecular weight is 355 g/mol. The van der Waals surface area contributed by atoms with E-state index in [1.165, 1.54) is 0 Å². The van der Waals surface area contributed by atoms with Gasteiger partial charge in [-0.1, -0.05) is 17.7 Å². The van der Waals surface area contributed by atoms with Crippen LogP contribution in [0.3, 0.4) is 0 Å². The van der Waals surface area contributed by atoms with Crippen LogP contribution in [0.4, 0.5) is 0 Å². The molecule has 126 valence electrons. The van der Waals surface area contributed by atoms with Crippen LogP contribution in [0.15, 0.2) is 47.0 Å². The maximum absolute atomic E-state index is 12.4. The number of amides is 1. The van der Waals surface area contributed by atoms with Crippen molar-refractivity contribution in [1.82, 2.24) is 19.9 Å². The minimum atomic E-state index is -0.251. The van der Waals surface area contributed by atoms with Gasteiger partial charge in [-0.05, 0) is 37.3 Å². The van der Waals surface area contributed by atoms with Gasteiger partial charge >= 0.3 is 0 Å². The molecule has 0 atom stereocenters. The predicted molar refractivity (Wildman–Crippen MR) is 95.0 cm³/mol. The zero-order valence-corrected chi connectivity index (χ0v) is 14.2. The van der Waals surface area contributed by atoms with E-state index in [1.807, 2.05) is 35.7 Å². The Morgan fingerprint density at radius 3 is 3.04 bits per heavy atom. The molecular weight excluding hydrogens is 340 g/mol. The van der Waals surface area contributed by atoms with Crippen molar-refractivity contribution in [2.24, 2.45) is 0 Å². The van der Waals surface area contributed by atoms with Crippen molar-refractivity contribution in [3.05, 3.63) is 64.8 Å². The molecule has 0 fully saturated rings. The van der Waals surface area contributed by atoms with Gasteiger partial charge in [0.2, 0.25) is 0 Å². The normalized spacial score (nSPS) is 11.3. The van der Waals surface area contributed by atoms with Gasteiger partial charge < -0.3 is 9.73 Å². The molecule has 0 spiro atoms. The molecule has 0 saturated heterocycles. The fourth-order valence-electron chi connectivity index (χ4n) is 2.84. The molecule has 1 aromatic carbocycles. The van der Waals surface area contributed by atoms with E-state index in [-0.39, 0.29) is 5.91 Å². The number of fused-ring (bicyclic) bond motifs is 2. The fraction of sp³-hybridized carbons (Fsp3) is 0.167. The van der Waals surface area contributed by atoms with Crippen LogP contribution in [0.5, 0.6) is 0 Å². The Morgan fingerprint density at radius 1 is 1.28 bits per heavy atom. The first-order valence-corrected chi connectivity index (χ1v) is 8.27. The summed E-state index contributed by atoms with van der Waals surface area (Å²) in [5, 5.41) is 12.6. The van der Waals surface area contributed by atoms with E-state index < -0.39 is 0 Å². The number of furan rings is 1. The van der Waals surface area contributed by atoms with Crippen molar-refractivity contribution in [3.63, 3.8) is 0 Å². The lowest BCUT2D eigenvalue weighted by Gasteiger charge is -2.03. The van der Waals surface area contributed by atoms with Crippen LogP contribution in [-0.2, 0) is 6.42 Å². The second kappa shape index (κ2) is 6.22. The van der Waals surface area contributed by atoms with Gasteiger partial charge in [0.1, 0.15) is 11.4 Å². The fourth-order valence-corrected chi connectivity index (χ4v) is 3.01. The van der Waals surface area contributed by atoms with Crippen molar-refractivity contribution in [2.45, 2.75) is 13.3 Å². The number of carbonyl (C=O) groups is 1. The monoisotopic (exact) mass is 354 g/mol. The zero-order chi connectivity index (χ0) is 17.4. The molecule has 0 saturated carbocycles. The average Bonchev–Trinajstić information content (AvgIpc) is 3.17. The van der Waals surface area contributed by atoms with Crippen LogP contribution >= 0.6 is 11.6 Å². The van der Waals surface area contributed by atoms with Crippen molar-refractivity contribution in [3.8, 4) is 0 Å². The van der Waals surface area contributed by atoms with Crippen LogP contribution in [0.25, 0.3) is 16.6 Å². The molecule has 0 aliphatic rings. The summed E-state index contributed by atoms with van der Waals surface area (Å²) in [6.07, 6.45) is 2.47. The van der Waals surface area contributed by atoms with Crippen LogP contribution in [-0.4, -0.2) is 27.0 Å². The lowest BCUT2D eigenvalue weighted by molar-refractivity contribution is 0.0927. The molecule has 0 unspecified atom stereocenters. The number of carbonyl (C=O) groups excluding carboxylic acids is 1. The highest BCUT2D eigenvalue weighted by molar-refractivity contribution is 6.31. The van der Waals surface area contributed by atoms with Crippen LogP contribution in [0, 0.1) is 6.92 Å². The predicted octanol–water partition coefficient (Wildman–Crippen LogP) is 3.41. The Hall–Kier alpha value is -2.86. The first kappa shape index (κ1) is 15.7. The Kier molecular flexibility index (Phi) is 3.89. The second-order valence-corrected chi connectivity index (χ2v) is 6.18. The van der Waals surface area contributed by atoms with Gasteiger partial charge in [-0.3, -0.25) is 9.20 Å². The van der Waals surface area contributed by atoms with E-state index in [4.69, 9.17) is 16.0 Å². The van der Waals surface area contributed by atoms with Gasteiger partial charge in [-0.25, -0.2) is 0 Å². The number of pyridine rings is 1. The maximum atomic E-state index is 12.4. The first-order chi connectivity index (χ1) is 12.1. The van der Waals surface area contributed by atoms with Gasteiger partial charge in [0.25, 0.3) is 5.91 Å². The summed E-state index contributed by atoms with van der Waals surface area (Å²) < 4.78 is 7.57. The summed E-state index contributed by atoms with van der Waals surface area (Å²) in [6, 6.07) is 11.0. The Labute approximate surface area is 148 Å². The van der Waals surface area contributed by atoms with Crippen molar-refractivity contribution < 1.29 is 9.21 Å². The van der Waals surface area contributed by atoms with E-state index in [0.29, 0.717) is 29.3 Å². The smallest absolute Gasteiger partial charge is 0.287 e. The molecule has 0 aliphatic heterocycles. The van der Waals surface area contributed by atoms with Crippen molar-refractivity contribution in [2.75, 3.05) is 6.54 Å². The number of benzene rings is 1. The van der Waals surface area contributed by atoms with Crippen LogP contribution in [0.1, 0.15) is 21.9 Å². The van der Waals surface area contributed by atoms with Gasteiger partial charge in [0, 0.05) is 35.1 Å². The van der Waals surface area contributed by atoms with E-state index >= 15 is 0 Å². The van der Waals surface area contributed by atoms with Gasteiger partial charge in [-0.2, -0.15) is 0 Å². The number of nitrogens with one attached hydrogen (secondary N) is 1. The van der Waals surface area contributed by atoms with E-state index in [1.54, 1.807) is 18.2 Å². The first-order valence-electron chi connectivity index (χ1n) is 7.89. The molecule has 4 rings (SSSR count). The Morgan fingerprint density at radius 2 is 2.16 bits per heavy atom. The van der Waals surface area contributed by atoms with Gasteiger partial charge in [0.15, 0.2) is 11.4 Å². The maximum Gasteiger partial charge on any atom is 0.287 e. The van der Waals surface area contributed by atoms with Crippen LogP contribution in [0.2, 0.25) is 5.02 Å². The molecule has 1 N–H and O–H groups in total. The molecule has 1 amide bonds. The highest BCUT2D eigenvalue weighted by Gasteiger charge is 2.17. The SMILES string of the molecule is Cc1c(C(=O)NCCc2nnc3ccccn23)oc2ccc(Cl)cc12. The third-order valence-corrected chi connectivity index (χ3v) is 4.36. The summed E-state index contributed by atoms with van der Waals surface area (Å²) in [4.78, 5) is 12.4. The highest BCUT2D eigenvalue weighted by Crippen LogP contribution is 2.27. The lowest BCUT2D eigenvalue weighted by atomic mass is 10.1. The quantitative estimate of drug-likeness (QED) is 0.609. The standard InChI is InChI=1S/C18H15ClN4O2/c1-11-13-10-12(19)5-6-14(13)25-17(11)18(24)20-8-7-16-22-21-15-4-2-3-9-23(15)16/h2-6,9-10H,7-8H2,1H3,(H,20,24). The molecule has 3 aromatic heterocycles. The summed E-state index contributed by atoms with van der Waals surface area (Å²) in [5.41, 5.74) is 2.22. The molecule has 6 nitrogen and oxygen atoms in total. The third kappa shape index (κ3) is 2.85. The topological polar surface area (TPSA) is 72.4 Å². The Balaban J connectivity index is 1.48. The number of hydrogen-bond acceptors (Lipinski definition) is 4. The lowest BCUT2D eigenvalue weighted by Crippen LogP contribution is -2.26. The van der Waals surface area contributed by atoms with Crippen molar-refractivity contribution >= 4 is 34.1 Å². The Bertz CT molecular complexity index is 1080. The molecule has 4 aromatic rings. The minimum absolute atomic E-state index is 0.251. The van der Waals surface area contributed by atoms with Crippen molar-refractivity contribution in [1.29, 1.82) is 0 Å². The molecule has 3 heterocycles. The molecule has 25 heavy (non-hydrogen) atoms. The number of hydrogen-bond donors (Lipinski definition) is 1. The largest absolute Gasteiger partial charge is 0.451 e. The van der Waals surface area contributed by atoms with E-state index in [2.05, 4.69) is 15.5 Å². The molecule has 7 heteroatoms. The minimum Gasteiger partial charge on any atom is -0.451 e. The number of aryl methyl sites for hydroxylation is 1. The molecular formula is C18H15ClN4O2. The summed E-state index contributed by atoms with van der Waals surface area (Å²) >= 11 is 6.01. The van der Waals surface area contributed by atoms with Gasteiger partial charge in [0.05, 0.1) is 0 Å². The third-order valence-electron chi connectivity index (χ3n) is 4.12. The zero-order valence-electron chi connectivity index (χ0n) is 13.5. The number of aromatic nitrogens is 3.